The van der Waals surface area contributed by atoms with Crippen LogP contribution in [-0.2, 0) is 14.3 Å². The van der Waals surface area contributed by atoms with Crippen LogP contribution in [0.25, 0.3) is 6.08 Å². The molecular weight excluding hydrogens is 362 g/mol. The molecule has 1 N–H and O–H groups in total. The van der Waals surface area contributed by atoms with Gasteiger partial charge in [-0.2, -0.15) is 0 Å². The highest BCUT2D eigenvalue weighted by molar-refractivity contribution is 9.10. The average molecular weight is 382 g/mol. The molecule has 0 saturated carbocycles. The van der Waals surface area contributed by atoms with E-state index in [4.69, 9.17) is 9.84 Å². The van der Waals surface area contributed by atoms with Crippen LogP contribution in [0.5, 0.6) is 0 Å². The van der Waals surface area contributed by atoms with Gasteiger partial charge in [-0.1, -0.05) is 15.9 Å². The first-order chi connectivity index (χ1) is 10.9. The van der Waals surface area contributed by atoms with E-state index in [1.54, 1.807) is 13.0 Å². The van der Waals surface area contributed by atoms with Gasteiger partial charge in [0.05, 0.1) is 6.61 Å². The van der Waals surface area contributed by atoms with Crippen LogP contribution in [0, 0.1) is 5.92 Å². The number of hydrogen-bond donors (Lipinski definition) is 1. The molecule has 2 rings (SSSR count). The molecule has 1 aliphatic heterocycles. The van der Waals surface area contributed by atoms with Gasteiger partial charge in [-0.3, -0.25) is 4.79 Å². The highest BCUT2D eigenvalue weighted by atomic mass is 79.9. The number of carboxylic acids is 1. The Kier molecular flexibility index (Phi) is 5.82. The van der Waals surface area contributed by atoms with Gasteiger partial charge in [-0.15, -0.1) is 0 Å². The summed E-state index contributed by atoms with van der Waals surface area (Å²) >= 11 is 3.43. The molecule has 0 aromatic heterocycles. The van der Waals surface area contributed by atoms with Crippen molar-refractivity contribution in [2.24, 2.45) is 5.92 Å². The Hall–Kier alpha value is -1.82. The molecule has 1 atom stereocenters. The summed E-state index contributed by atoms with van der Waals surface area (Å²) in [6.45, 7) is 5.09. The van der Waals surface area contributed by atoms with Crippen LogP contribution in [-0.4, -0.2) is 36.7 Å². The number of rotatable bonds is 5. The summed E-state index contributed by atoms with van der Waals surface area (Å²) in [5, 5.41) is 9.09. The third kappa shape index (κ3) is 4.82. The fraction of sp³-hybridized carbons (Fsp3) is 0.412. The molecule has 6 heteroatoms. The normalized spacial score (nSPS) is 18.1. The smallest absolute Gasteiger partial charge is 0.331 e. The Balaban J connectivity index is 2.18. The van der Waals surface area contributed by atoms with E-state index in [9.17, 15) is 9.59 Å². The molecule has 1 aliphatic rings. The highest BCUT2D eigenvalue weighted by Crippen LogP contribution is 2.31. The van der Waals surface area contributed by atoms with Gasteiger partial charge in [0.2, 0.25) is 0 Å². The lowest BCUT2D eigenvalue weighted by atomic mass is 10.1. The maximum atomic E-state index is 11.1. The molecule has 1 heterocycles. The molecule has 1 aromatic rings. The first-order valence-corrected chi connectivity index (χ1v) is 8.25. The Bertz CT molecular complexity index is 641. The molecular formula is C17H20BrNO4. The van der Waals surface area contributed by atoms with Crippen molar-refractivity contribution in [2.45, 2.75) is 20.3 Å². The van der Waals surface area contributed by atoms with Crippen molar-refractivity contribution < 1.29 is 19.4 Å². The summed E-state index contributed by atoms with van der Waals surface area (Å²) in [5.41, 5.74) is 2.16. The topological polar surface area (TPSA) is 66.8 Å². The predicted molar refractivity (Wildman–Crippen MR) is 92.4 cm³/mol. The lowest BCUT2D eigenvalue weighted by Crippen LogP contribution is -2.22. The molecule has 5 nitrogen and oxygen atoms in total. The van der Waals surface area contributed by atoms with E-state index in [0.29, 0.717) is 18.1 Å². The number of carboxylic acid groups (broad SMARTS) is 1. The molecule has 124 valence electrons. The van der Waals surface area contributed by atoms with Crippen LogP contribution < -0.4 is 4.90 Å². The molecule has 1 aromatic carbocycles. The Morgan fingerprint density at radius 3 is 2.83 bits per heavy atom. The number of hydrogen-bond acceptors (Lipinski definition) is 4. The summed E-state index contributed by atoms with van der Waals surface area (Å²) < 4.78 is 6.00. The van der Waals surface area contributed by atoms with E-state index in [1.165, 1.54) is 6.92 Å². The zero-order chi connectivity index (χ0) is 17.0. The van der Waals surface area contributed by atoms with Crippen LogP contribution in [0.4, 0.5) is 5.69 Å². The summed E-state index contributed by atoms with van der Waals surface area (Å²) in [6.07, 6.45) is 2.63. The van der Waals surface area contributed by atoms with E-state index in [0.717, 1.165) is 35.2 Å². The zero-order valence-electron chi connectivity index (χ0n) is 13.2. The molecule has 0 aliphatic carbocycles. The summed E-state index contributed by atoms with van der Waals surface area (Å²) in [5.74, 6) is -0.877. The van der Waals surface area contributed by atoms with Crippen molar-refractivity contribution in [2.75, 3.05) is 24.6 Å². The first kappa shape index (κ1) is 17.5. The minimum atomic E-state index is -0.926. The van der Waals surface area contributed by atoms with Crippen LogP contribution in [0.2, 0.25) is 0 Å². The quantitative estimate of drug-likeness (QED) is 0.625. The van der Waals surface area contributed by atoms with Gasteiger partial charge in [-0.05, 0) is 43.2 Å². The molecule has 1 unspecified atom stereocenters. The number of aliphatic carboxylic acids is 1. The van der Waals surface area contributed by atoms with Crippen LogP contribution >= 0.6 is 15.9 Å². The summed E-state index contributed by atoms with van der Waals surface area (Å²) in [6, 6.07) is 5.85. The van der Waals surface area contributed by atoms with Gasteiger partial charge >= 0.3 is 11.9 Å². The number of esters is 1. The number of anilines is 1. The standard InChI is InChI=1S/C17H20BrNO4/c1-11(17(21)22)7-14-8-15(18)3-4-16(14)19-6-5-13(9-19)10-23-12(2)20/h3-4,7-8,13H,5-6,9-10H2,1-2H3,(H,21,22)/b11-7+. The van der Waals surface area contributed by atoms with Gasteiger partial charge in [0.15, 0.2) is 0 Å². The van der Waals surface area contributed by atoms with Crippen molar-refractivity contribution >= 4 is 39.6 Å². The number of halogens is 1. The Morgan fingerprint density at radius 1 is 1.43 bits per heavy atom. The maximum Gasteiger partial charge on any atom is 0.331 e. The monoisotopic (exact) mass is 381 g/mol. The fourth-order valence-corrected chi connectivity index (χ4v) is 3.03. The van der Waals surface area contributed by atoms with Crippen LogP contribution in [0.3, 0.4) is 0 Å². The third-order valence-corrected chi connectivity index (χ3v) is 4.34. The maximum absolute atomic E-state index is 11.1. The molecule has 1 saturated heterocycles. The number of nitrogens with zero attached hydrogens (tertiary/aromatic N) is 1. The lowest BCUT2D eigenvalue weighted by Gasteiger charge is -2.21. The van der Waals surface area contributed by atoms with Crippen molar-refractivity contribution in [3.05, 3.63) is 33.8 Å². The van der Waals surface area contributed by atoms with Gasteiger partial charge in [0.1, 0.15) is 0 Å². The Morgan fingerprint density at radius 2 is 2.17 bits per heavy atom. The van der Waals surface area contributed by atoms with Gasteiger partial charge < -0.3 is 14.7 Å². The van der Waals surface area contributed by atoms with E-state index in [-0.39, 0.29) is 5.97 Å². The van der Waals surface area contributed by atoms with Crippen molar-refractivity contribution in [3.8, 4) is 0 Å². The van der Waals surface area contributed by atoms with E-state index in [1.807, 2.05) is 18.2 Å². The zero-order valence-corrected chi connectivity index (χ0v) is 14.8. The molecule has 0 spiro atoms. The fourth-order valence-electron chi connectivity index (χ4n) is 2.65. The minimum absolute atomic E-state index is 0.257. The van der Waals surface area contributed by atoms with Crippen molar-refractivity contribution in [1.29, 1.82) is 0 Å². The SMILES string of the molecule is CC(=O)OCC1CCN(c2ccc(Br)cc2/C=C(\C)C(=O)O)C1. The number of benzene rings is 1. The lowest BCUT2D eigenvalue weighted by molar-refractivity contribution is -0.142. The summed E-state index contributed by atoms with van der Waals surface area (Å²) in [7, 11) is 0. The van der Waals surface area contributed by atoms with Crippen molar-refractivity contribution in [3.63, 3.8) is 0 Å². The highest BCUT2D eigenvalue weighted by Gasteiger charge is 2.25. The van der Waals surface area contributed by atoms with Gasteiger partial charge in [-0.25, -0.2) is 4.79 Å². The second-order valence-electron chi connectivity index (χ2n) is 5.74. The molecule has 0 radical (unpaired) electrons. The third-order valence-electron chi connectivity index (χ3n) is 3.85. The average Bonchev–Trinajstić information content (AvgIpc) is 2.93. The number of carbonyl (C=O) groups excluding carboxylic acids is 1. The summed E-state index contributed by atoms with van der Waals surface area (Å²) in [4.78, 5) is 24.2. The van der Waals surface area contributed by atoms with Crippen molar-refractivity contribution in [1.82, 2.24) is 0 Å². The van der Waals surface area contributed by atoms with E-state index >= 15 is 0 Å². The molecule has 0 amide bonds. The molecule has 23 heavy (non-hydrogen) atoms. The number of ether oxygens (including phenoxy) is 1. The van der Waals surface area contributed by atoms with Gasteiger partial charge in [0.25, 0.3) is 0 Å². The van der Waals surface area contributed by atoms with Crippen LogP contribution in [0.15, 0.2) is 28.2 Å². The number of carbonyl (C=O) groups is 2. The van der Waals surface area contributed by atoms with E-state index < -0.39 is 5.97 Å². The van der Waals surface area contributed by atoms with Crippen LogP contribution in [0.1, 0.15) is 25.8 Å². The van der Waals surface area contributed by atoms with E-state index in [2.05, 4.69) is 20.8 Å². The predicted octanol–water partition coefficient (Wildman–Crippen LogP) is 3.33. The largest absolute Gasteiger partial charge is 0.478 e. The first-order valence-electron chi connectivity index (χ1n) is 7.46. The second kappa shape index (κ2) is 7.64. The molecule has 1 fully saturated rings. The molecule has 0 bridgehead atoms. The minimum Gasteiger partial charge on any atom is -0.478 e. The Labute approximate surface area is 144 Å². The second-order valence-corrected chi connectivity index (χ2v) is 6.65. The van der Waals surface area contributed by atoms with Gasteiger partial charge in [0, 0.05) is 41.7 Å².